The second-order valence-electron chi connectivity index (χ2n) is 7.82. The fourth-order valence-corrected chi connectivity index (χ4v) is 3.57. The number of benzene rings is 1. The molecule has 12 heteroatoms. The molecule has 5 atom stereocenters. The van der Waals surface area contributed by atoms with Crippen LogP contribution in [-0.4, -0.2) is 62.6 Å². The number of ether oxygens (including phenoxy) is 5. The summed E-state index contributed by atoms with van der Waals surface area (Å²) in [5.74, 6) is -1.67. The molecule has 180 valence electrons. The zero-order chi connectivity index (χ0) is 23.7. The van der Waals surface area contributed by atoms with Crippen LogP contribution in [0.4, 0.5) is 26.3 Å². The molecule has 0 N–H and O–H groups in total. The molecule has 0 radical (unpaired) electrons. The molecule has 32 heavy (non-hydrogen) atoms. The standard InChI is InChI=1S/C20H22F6O6/c1-11-15(29-8-7-28-11)16-14(31-12-5-3-4-6-13(12)32-16)9-18(2,20(24,25)26)17(27)30-10-19(21,22)23/h3-6,11,14-16H,7-10H2,1-2H3. The van der Waals surface area contributed by atoms with Gasteiger partial charge in [0.2, 0.25) is 0 Å². The molecule has 2 heterocycles. The van der Waals surface area contributed by atoms with Gasteiger partial charge in [-0.3, -0.25) is 4.79 Å². The van der Waals surface area contributed by atoms with E-state index < -0.39 is 61.2 Å². The molecule has 0 aromatic heterocycles. The number of carbonyl (C=O) groups excluding carboxylic acids is 1. The molecule has 6 nitrogen and oxygen atoms in total. The van der Waals surface area contributed by atoms with Crippen LogP contribution in [0.3, 0.4) is 0 Å². The van der Waals surface area contributed by atoms with Gasteiger partial charge in [-0.1, -0.05) is 12.1 Å². The van der Waals surface area contributed by atoms with Gasteiger partial charge in [-0.05, 0) is 26.0 Å². The molecule has 0 bridgehead atoms. The van der Waals surface area contributed by atoms with Crippen molar-refractivity contribution in [1.82, 2.24) is 0 Å². The van der Waals surface area contributed by atoms with Crippen molar-refractivity contribution in [1.29, 1.82) is 0 Å². The first-order valence-electron chi connectivity index (χ1n) is 9.78. The Balaban J connectivity index is 1.92. The average Bonchev–Trinajstić information content (AvgIpc) is 2.70. The van der Waals surface area contributed by atoms with Gasteiger partial charge in [0.1, 0.15) is 12.2 Å². The number of para-hydroxylation sites is 2. The van der Waals surface area contributed by atoms with Gasteiger partial charge in [0, 0.05) is 6.42 Å². The molecule has 1 saturated heterocycles. The Bertz CT molecular complexity index is 813. The molecule has 0 spiro atoms. The van der Waals surface area contributed by atoms with E-state index in [-0.39, 0.29) is 24.7 Å². The summed E-state index contributed by atoms with van der Waals surface area (Å²) in [6, 6.07) is 6.22. The van der Waals surface area contributed by atoms with Crippen LogP contribution in [0.25, 0.3) is 0 Å². The van der Waals surface area contributed by atoms with Gasteiger partial charge >= 0.3 is 18.3 Å². The van der Waals surface area contributed by atoms with E-state index in [2.05, 4.69) is 4.74 Å². The predicted octanol–water partition coefficient (Wildman–Crippen LogP) is 4.06. The lowest BCUT2D eigenvalue weighted by molar-refractivity contribution is -0.250. The number of rotatable bonds is 5. The summed E-state index contributed by atoms with van der Waals surface area (Å²) in [4.78, 5) is 12.2. The van der Waals surface area contributed by atoms with E-state index in [1.165, 1.54) is 6.07 Å². The van der Waals surface area contributed by atoms with Crippen LogP contribution in [0, 0.1) is 5.41 Å². The van der Waals surface area contributed by atoms with Crippen LogP contribution in [0.1, 0.15) is 20.3 Å². The summed E-state index contributed by atoms with van der Waals surface area (Å²) < 4.78 is 106. The summed E-state index contributed by atoms with van der Waals surface area (Å²) >= 11 is 0. The molecule has 1 fully saturated rings. The highest BCUT2D eigenvalue weighted by molar-refractivity contribution is 5.77. The quantitative estimate of drug-likeness (QED) is 0.476. The van der Waals surface area contributed by atoms with Crippen LogP contribution in [0.5, 0.6) is 11.5 Å². The van der Waals surface area contributed by atoms with Crippen molar-refractivity contribution in [3.63, 3.8) is 0 Å². The topological polar surface area (TPSA) is 63.2 Å². The van der Waals surface area contributed by atoms with Crippen molar-refractivity contribution in [2.24, 2.45) is 5.41 Å². The highest BCUT2D eigenvalue weighted by Crippen LogP contribution is 2.46. The normalized spacial score (nSPS) is 28.0. The Morgan fingerprint density at radius 1 is 1.00 bits per heavy atom. The van der Waals surface area contributed by atoms with E-state index >= 15 is 0 Å². The SMILES string of the molecule is CC1OCCOC1C1Oc2ccccc2OC1CC(C)(C(=O)OCC(F)(F)F)C(F)(F)F. The van der Waals surface area contributed by atoms with Crippen molar-refractivity contribution in [2.75, 3.05) is 19.8 Å². The first-order chi connectivity index (χ1) is 14.8. The summed E-state index contributed by atoms with van der Waals surface area (Å²) in [6.45, 7) is 0.423. The van der Waals surface area contributed by atoms with Crippen LogP contribution < -0.4 is 9.47 Å². The van der Waals surface area contributed by atoms with Crippen LogP contribution >= 0.6 is 0 Å². The Morgan fingerprint density at radius 2 is 1.59 bits per heavy atom. The zero-order valence-electron chi connectivity index (χ0n) is 17.2. The minimum atomic E-state index is -5.23. The maximum absolute atomic E-state index is 13.9. The van der Waals surface area contributed by atoms with Crippen molar-refractivity contribution < 1.29 is 54.8 Å². The average molecular weight is 472 g/mol. The largest absolute Gasteiger partial charge is 0.483 e. The lowest BCUT2D eigenvalue weighted by atomic mass is 9.80. The van der Waals surface area contributed by atoms with E-state index in [1.54, 1.807) is 25.1 Å². The van der Waals surface area contributed by atoms with E-state index in [0.29, 0.717) is 6.92 Å². The number of halogens is 6. The minimum absolute atomic E-state index is 0.131. The zero-order valence-corrected chi connectivity index (χ0v) is 17.2. The van der Waals surface area contributed by atoms with Crippen molar-refractivity contribution in [3.8, 4) is 11.5 Å². The maximum atomic E-state index is 13.9. The molecule has 0 amide bonds. The van der Waals surface area contributed by atoms with Crippen molar-refractivity contribution >= 4 is 5.97 Å². The molecule has 1 aromatic carbocycles. The smallest absolute Gasteiger partial charge is 0.422 e. The number of esters is 1. The first-order valence-corrected chi connectivity index (χ1v) is 9.78. The lowest BCUT2D eigenvalue weighted by Gasteiger charge is -2.43. The highest BCUT2D eigenvalue weighted by atomic mass is 19.4. The first kappa shape index (κ1) is 24.4. The monoisotopic (exact) mass is 472 g/mol. The molecule has 0 aliphatic carbocycles. The van der Waals surface area contributed by atoms with Gasteiger partial charge in [-0.15, -0.1) is 0 Å². The molecule has 1 aromatic rings. The second-order valence-corrected chi connectivity index (χ2v) is 7.82. The highest BCUT2D eigenvalue weighted by Gasteiger charge is 2.61. The Morgan fingerprint density at radius 3 is 2.16 bits per heavy atom. The number of alkyl halides is 6. The fraction of sp³-hybridized carbons (Fsp3) is 0.650. The Hall–Kier alpha value is -2.21. The van der Waals surface area contributed by atoms with Gasteiger partial charge in [0.25, 0.3) is 0 Å². The van der Waals surface area contributed by atoms with Crippen molar-refractivity contribution in [2.45, 2.75) is 57.0 Å². The van der Waals surface area contributed by atoms with Gasteiger partial charge in [0.05, 0.1) is 19.3 Å². The summed E-state index contributed by atoms with van der Waals surface area (Å²) in [5, 5.41) is 0. The fourth-order valence-electron chi connectivity index (χ4n) is 3.57. The number of fused-ring (bicyclic) bond motifs is 1. The summed E-state index contributed by atoms with van der Waals surface area (Å²) in [6.07, 6.45) is -15.2. The summed E-state index contributed by atoms with van der Waals surface area (Å²) in [5.41, 5.74) is -3.30. The molecular formula is C20H22F6O6. The number of hydrogen-bond donors (Lipinski definition) is 0. The Labute approximate surface area is 179 Å². The Kier molecular flexibility index (Phi) is 6.85. The van der Waals surface area contributed by atoms with Crippen LogP contribution in [0.2, 0.25) is 0 Å². The van der Waals surface area contributed by atoms with Crippen LogP contribution in [0.15, 0.2) is 24.3 Å². The van der Waals surface area contributed by atoms with Gasteiger partial charge in [0.15, 0.2) is 29.6 Å². The van der Waals surface area contributed by atoms with E-state index in [4.69, 9.17) is 18.9 Å². The van der Waals surface area contributed by atoms with E-state index in [0.717, 1.165) is 0 Å². The summed E-state index contributed by atoms with van der Waals surface area (Å²) in [7, 11) is 0. The molecule has 5 unspecified atom stereocenters. The lowest BCUT2D eigenvalue weighted by Crippen LogP contribution is -2.58. The predicted molar refractivity (Wildman–Crippen MR) is 96.2 cm³/mol. The molecule has 0 saturated carbocycles. The molecular weight excluding hydrogens is 450 g/mol. The van der Waals surface area contributed by atoms with Gasteiger partial charge in [-0.2, -0.15) is 26.3 Å². The van der Waals surface area contributed by atoms with Crippen molar-refractivity contribution in [3.05, 3.63) is 24.3 Å². The second kappa shape index (κ2) is 8.97. The third-order valence-electron chi connectivity index (χ3n) is 5.37. The third-order valence-corrected chi connectivity index (χ3v) is 5.37. The van der Waals surface area contributed by atoms with E-state index in [1.807, 2.05) is 0 Å². The number of hydrogen-bond acceptors (Lipinski definition) is 6. The molecule has 2 aliphatic rings. The van der Waals surface area contributed by atoms with Gasteiger partial charge < -0.3 is 23.7 Å². The number of carbonyl (C=O) groups is 1. The third kappa shape index (κ3) is 5.22. The van der Waals surface area contributed by atoms with Crippen LogP contribution in [-0.2, 0) is 19.0 Å². The van der Waals surface area contributed by atoms with E-state index in [9.17, 15) is 31.1 Å². The molecule has 3 rings (SSSR count). The molecule has 2 aliphatic heterocycles. The minimum Gasteiger partial charge on any atom is -0.483 e. The maximum Gasteiger partial charge on any atom is 0.422 e. The van der Waals surface area contributed by atoms with Gasteiger partial charge in [-0.25, -0.2) is 0 Å².